The Morgan fingerprint density at radius 3 is 2.70 bits per heavy atom. The fraction of sp³-hybridized carbons (Fsp3) is 0.118. The van der Waals surface area contributed by atoms with Gasteiger partial charge in [-0.2, -0.15) is 0 Å². The fourth-order valence-electron chi connectivity index (χ4n) is 2.56. The van der Waals surface area contributed by atoms with E-state index in [4.69, 9.17) is 0 Å². The van der Waals surface area contributed by atoms with Crippen LogP contribution in [0.3, 0.4) is 0 Å². The summed E-state index contributed by atoms with van der Waals surface area (Å²) in [6, 6.07) is 17.1. The van der Waals surface area contributed by atoms with Crippen molar-refractivity contribution in [2.75, 3.05) is 7.05 Å². The molecule has 0 aliphatic carbocycles. The summed E-state index contributed by atoms with van der Waals surface area (Å²) in [6.45, 7) is 0. The Bertz CT molecular complexity index is 734. The quantitative estimate of drug-likeness (QED) is 0.697. The number of pyridine rings is 1. The first-order valence-corrected chi connectivity index (χ1v) is 7.63. The Labute approximate surface area is 132 Å². The van der Waals surface area contributed by atoms with Crippen LogP contribution < -0.4 is 5.32 Å². The number of nitrogens with zero attached hydrogens (tertiary/aromatic N) is 1. The van der Waals surface area contributed by atoms with Gasteiger partial charge in [0.2, 0.25) is 0 Å². The van der Waals surface area contributed by atoms with Crippen LogP contribution in [0.4, 0.5) is 0 Å². The monoisotopic (exact) mass is 374 g/mol. The molecule has 100 valence electrons. The molecule has 0 aliphatic rings. The van der Waals surface area contributed by atoms with Gasteiger partial charge in [-0.05, 0) is 58.3 Å². The molecule has 0 aliphatic heterocycles. The van der Waals surface area contributed by atoms with Crippen molar-refractivity contribution in [3.63, 3.8) is 0 Å². The molecular formula is C17H15IN2. The zero-order valence-electron chi connectivity index (χ0n) is 11.2. The van der Waals surface area contributed by atoms with Crippen molar-refractivity contribution in [1.29, 1.82) is 0 Å². The van der Waals surface area contributed by atoms with Gasteiger partial charge in [0, 0.05) is 21.4 Å². The van der Waals surface area contributed by atoms with E-state index in [2.05, 4.69) is 75.4 Å². The van der Waals surface area contributed by atoms with Crippen LogP contribution in [0.15, 0.2) is 60.9 Å². The van der Waals surface area contributed by atoms with Crippen molar-refractivity contribution in [3.8, 4) is 0 Å². The number of fused-ring (bicyclic) bond motifs is 1. The number of nitrogens with one attached hydrogen (secondary N) is 1. The van der Waals surface area contributed by atoms with Crippen molar-refractivity contribution in [1.82, 2.24) is 10.3 Å². The Kier molecular flexibility index (Phi) is 3.98. The first-order chi connectivity index (χ1) is 9.79. The summed E-state index contributed by atoms with van der Waals surface area (Å²) in [6.07, 6.45) is 3.88. The number of rotatable bonds is 3. The maximum absolute atomic E-state index is 4.39. The van der Waals surface area contributed by atoms with Gasteiger partial charge in [-0.3, -0.25) is 4.98 Å². The van der Waals surface area contributed by atoms with Gasteiger partial charge in [-0.1, -0.05) is 36.4 Å². The summed E-state index contributed by atoms with van der Waals surface area (Å²) < 4.78 is 1.24. The Morgan fingerprint density at radius 1 is 1.05 bits per heavy atom. The molecule has 0 bridgehead atoms. The second-order valence-corrected chi connectivity index (χ2v) is 5.97. The predicted molar refractivity (Wildman–Crippen MR) is 91.8 cm³/mol. The predicted octanol–water partition coefficient (Wildman–Crippen LogP) is 4.15. The second kappa shape index (κ2) is 5.89. The topological polar surface area (TPSA) is 24.9 Å². The second-order valence-electron chi connectivity index (χ2n) is 4.73. The minimum atomic E-state index is 0.156. The van der Waals surface area contributed by atoms with Crippen LogP contribution in [0.25, 0.3) is 10.8 Å². The normalized spacial score (nSPS) is 12.5. The highest BCUT2D eigenvalue weighted by atomic mass is 127. The van der Waals surface area contributed by atoms with Gasteiger partial charge < -0.3 is 5.32 Å². The molecular weight excluding hydrogens is 359 g/mol. The number of aromatic nitrogens is 1. The summed E-state index contributed by atoms with van der Waals surface area (Å²) in [5, 5.41) is 5.84. The first kappa shape index (κ1) is 13.5. The van der Waals surface area contributed by atoms with Crippen LogP contribution in [0, 0.1) is 3.57 Å². The summed E-state index contributed by atoms with van der Waals surface area (Å²) >= 11 is 2.35. The van der Waals surface area contributed by atoms with Gasteiger partial charge in [0.1, 0.15) is 0 Å². The molecule has 0 fully saturated rings. The third-order valence-corrected chi connectivity index (χ3v) is 4.15. The lowest BCUT2D eigenvalue weighted by molar-refractivity contribution is 0.694. The van der Waals surface area contributed by atoms with Crippen molar-refractivity contribution >= 4 is 33.4 Å². The van der Waals surface area contributed by atoms with Gasteiger partial charge >= 0.3 is 0 Å². The van der Waals surface area contributed by atoms with Gasteiger partial charge in [0.15, 0.2) is 0 Å². The molecule has 1 aromatic heterocycles. The molecule has 3 aromatic rings. The molecule has 20 heavy (non-hydrogen) atoms. The van der Waals surface area contributed by atoms with E-state index in [-0.39, 0.29) is 6.04 Å². The summed E-state index contributed by atoms with van der Waals surface area (Å²) in [5.74, 6) is 0. The van der Waals surface area contributed by atoms with Crippen LogP contribution >= 0.6 is 22.6 Å². The number of benzene rings is 2. The summed E-state index contributed by atoms with van der Waals surface area (Å²) in [5.41, 5.74) is 2.48. The smallest absolute Gasteiger partial charge is 0.0596 e. The maximum Gasteiger partial charge on any atom is 0.0596 e. The highest BCUT2D eigenvalue weighted by Crippen LogP contribution is 2.28. The third kappa shape index (κ3) is 2.55. The van der Waals surface area contributed by atoms with Crippen LogP contribution in [-0.2, 0) is 0 Å². The lowest BCUT2D eigenvalue weighted by Crippen LogP contribution is -2.18. The molecule has 1 unspecified atom stereocenters. The molecule has 2 nitrogen and oxygen atoms in total. The van der Waals surface area contributed by atoms with E-state index >= 15 is 0 Å². The molecule has 1 atom stereocenters. The average molecular weight is 374 g/mol. The molecule has 0 saturated carbocycles. The van der Waals surface area contributed by atoms with Crippen molar-refractivity contribution < 1.29 is 0 Å². The molecule has 1 N–H and O–H groups in total. The average Bonchev–Trinajstić information content (AvgIpc) is 2.48. The summed E-state index contributed by atoms with van der Waals surface area (Å²) in [7, 11) is 1.99. The van der Waals surface area contributed by atoms with Gasteiger partial charge in [-0.25, -0.2) is 0 Å². The van der Waals surface area contributed by atoms with Gasteiger partial charge in [-0.15, -0.1) is 0 Å². The van der Waals surface area contributed by atoms with Crippen LogP contribution in [0.5, 0.6) is 0 Å². The fourth-order valence-corrected chi connectivity index (χ4v) is 3.12. The lowest BCUT2D eigenvalue weighted by Gasteiger charge is -2.19. The molecule has 0 spiro atoms. The van der Waals surface area contributed by atoms with E-state index in [1.165, 1.54) is 25.5 Å². The molecule has 0 saturated heterocycles. The summed E-state index contributed by atoms with van der Waals surface area (Å²) in [4.78, 5) is 4.39. The standard InChI is InChI=1S/C17H15IN2/c1-19-17(12-6-4-7-14(18)9-12)16-11-20-10-13-5-2-3-8-15(13)16/h2-11,17,19H,1H3. The van der Waals surface area contributed by atoms with Gasteiger partial charge in [0.25, 0.3) is 0 Å². The van der Waals surface area contributed by atoms with Crippen molar-refractivity contribution in [2.45, 2.75) is 6.04 Å². The van der Waals surface area contributed by atoms with E-state index in [0.29, 0.717) is 0 Å². The van der Waals surface area contributed by atoms with E-state index in [9.17, 15) is 0 Å². The third-order valence-electron chi connectivity index (χ3n) is 3.48. The van der Waals surface area contributed by atoms with Gasteiger partial charge in [0.05, 0.1) is 6.04 Å². The van der Waals surface area contributed by atoms with E-state index in [1.54, 1.807) is 0 Å². The number of hydrogen-bond donors (Lipinski definition) is 1. The molecule has 3 rings (SSSR count). The Hall–Kier alpha value is -1.46. The minimum Gasteiger partial charge on any atom is -0.309 e. The number of halogens is 1. The Balaban J connectivity index is 2.17. The van der Waals surface area contributed by atoms with Crippen LogP contribution in [0.2, 0.25) is 0 Å². The SMILES string of the molecule is CNC(c1cccc(I)c1)c1cncc2ccccc12. The lowest BCUT2D eigenvalue weighted by atomic mass is 9.96. The van der Waals surface area contributed by atoms with Crippen molar-refractivity contribution in [3.05, 3.63) is 75.6 Å². The zero-order chi connectivity index (χ0) is 13.9. The van der Waals surface area contributed by atoms with E-state index < -0.39 is 0 Å². The van der Waals surface area contributed by atoms with Crippen molar-refractivity contribution in [2.24, 2.45) is 0 Å². The highest BCUT2D eigenvalue weighted by molar-refractivity contribution is 14.1. The minimum absolute atomic E-state index is 0.156. The Morgan fingerprint density at radius 2 is 1.90 bits per heavy atom. The maximum atomic E-state index is 4.39. The highest BCUT2D eigenvalue weighted by Gasteiger charge is 2.15. The van der Waals surface area contributed by atoms with Crippen LogP contribution in [-0.4, -0.2) is 12.0 Å². The van der Waals surface area contributed by atoms with E-state index in [1.807, 2.05) is 25.5 Å². The first-order valence-electron chi connectivity index (χ1n) is 6.55. The largest absolute Gasteiger partial charge is 0.309 e. The van der Waals surface area contributed by atoms with E-state index in [0.717, 1.165) is 0 Å². The number of hydrogen-bond acceptors (Lipinski definition) is 2. The van der Waals surface area contributed by atoms with Crippen LogP contribution in [0.1, 0.15) is 17.2 Å². The zero-order valence-corrected chi connectivity index (χ0v) is 13.3. The molecule has 1 heterocycles. The molecule has 3 heteroatoms. The molecule has 0 radical (unpaired) electrons. The molecule has 2 aromatic carbocycles. The molecule has 0 amide bonds.